The Morgan fingerprint density at radius 1 is 1.00 bits per heavy atom. The fourth-order valence-electron chi connectivity index (χ4n) is 5.31. The van der Waals surface area contributed by atoms with Gasteiger partial charge in [-0.05, 0) is 93.1 Å². The third-order valence-corrected chi connectivity index (χ3v) is 7.00. The minimum Gasteiger partial charge on any atom is -0.462 e. The second-order valence-electron chi connectivity index (χ2n) is 8.96. The van der Waals surface area contributed by atoms with E-state index < -0.39 is 0 Å². The first-order chi connectivity index (χ1) is 13.7. The fraction of sp³-hybridized carbons (Fsp3) is 0.654. The number of allylic oxidation sites excluding steroid dienone is 1. The molecule has 1 aromatic carbocycles. The molecule has 0 saturated heterocycles. The van der Waals surface area contributed by atoms with Gasteiger partial charge in [0.1, 0.15) is 6.10 Å². The highest BCUT2D eigenvalue weighted by atomic mass is 16.5. The van der Waals surface area contributed by atoms with E-state index in [9.17, 15) is 4.79 Å². The Hall–Kier alpha value is -1.57. The molecule has 0 atom stereocenters. The zero-order valence-corrected chi connectivity index (χ0v) is 17.7. The summed E-state index contributed by atoms with van der Waals surface area (Å²) in [6, 6.07) is 9.43. The van der Waals surface area contributed by atoms with Gasteiger partial charge in [0, 0.05) is 6.42 Å². The Bertz CT molecular complexity index is 602. The van der Waals surface area contributed by atoms with E-state index in [4.69, 9.17) is 4.74 Å². The molecule has 2 aliphatic rings. The van der Waals surface area contributed by atoms with Crippen LogP contribution in [0.3, 0.4) is 0 Å². The molecule has 154 valence electrons. The summed E-state index contributed by atoms with van der Waals surface area (Å²) in [6.07, 6.45) is 15.6. The summed E-state index contributed by atoms with van der Waals surface area (Å²) in [5.41, 5.74) is 3.02. The first-order valence-electron chi connectivity index (χ1n) is 11.6. The molecule has 0 spiro atoms. The van der Waals surface area contributed by atoms with Crippen LogP contribution in [0.25, 0.3) is 0 Å². The minimum atomic E-state index is -0.0474. The van der Waals surface area contributed by atoms with Gasteiger partial charge in [-0.2, -0.15) is 0 Å². The van der Waals surface area contributed by atoms with Gasteiger partial charge in [-0.1, -0.05) is 43.7 Å². The maximum atomic E-state index is 11.8. The molecule has 0 heterocycles. The molecule has 1 aromatic rings. The van der Waals surface area contributed by atoms with Gasteiger partial charge >= 0.3 is 5.97 Å². The average molecular weight is 383 g/mol. The fourth-order valence-corrected chi connectivity index (χ4v) is 5.31. The molecule has 2 heteroatoms. The topological polar surface area (TPSA) is 26.3 Å². The second kappa shape index (κ2) is 10.8. The highest BCUT2D eigenvalue weighted by molar-refractivity contribution is 5.69. The highest BCUT2D eigenvalue weighted by Gasteiger charge is 2.32. The van der Waals surface area contributed by atoms with Crippen LogP contribution in [0, 0.1) is 11.8 Å². The van der Waals surface area contributed by atoms with E-state index in [-0.39, 0.29) is 12.1 Å². The zero-order chi connectivity index (χ0) is 19.8. The Morgan fingerprint density at radius 2 is 1.61 bits per heavy atom. The van der Waals surface area contributed by atoms with Crippen LogP contribution in [0.2, 0.25) is 0 Å². The molecule has 0 aliphatic heterocycles. The van der Waals surface area contributed by atoms with Gasteiger partial charge in [-0.3, -0.25) is 4.79 Å². The molecule has 0 amide bonds. The van der Waals surface area contributed by atoms with Crippen molar-refractivity contribution in [2.45, 2.75) is 96.0 Å². The van der Waals surface area contributed by atoms with E-state index in [0.29, 0.717) is 6.42 Å². The smallest absolute Gasteiger partial charge is 0.306 e. The summed E-state index contributed by atoms with van der Waals surface area (Å²) in [6.45, 7) is 5.91. The van der Waals surface area contributed by atoms with Crippen molar-refractivity contribution in [1.82, 2.24) is 0 Å². The molecule has 2 fully saturated rings. The van der Waals surface area contributed by atoms with Crippen molar-refractivity contribution in [3.8, 4) is 0 Å². The molecule has 0 aromatic heterocycles. The number of hydrogen-bond acceptors (Lipinski definition) is 2. The Balaban J connectivity index is 1.39. The van der Waals surface area contributed by atoms with Crippen molar-refractivity contribution >= 4 is 5.97 Å². The molecule has 28 heavy (non-hydrogen) atoms. The predicted octanol–water partition coefficient (Wildman–Crippen LogP) is 6.98. The van der Waals surface area contributed by atoms with Gasteiger partial charge in [0.05, 0.1) is 0 Å². The molecule has 0 N–H and O–H groups in total. The maximum absolute atomic E-state index is 11.8. The van der Waals surface area contributed by atoms with Crippen LogP contribution in [0.1, 0.15) is 94.6 Å². The molecule has 0 radical (unpaired) electrons. The number of carbonyl (C=O) groups excluding carboxylic acids is 1. The molecule has 3 rings (SSSR count). The van der Waals surface area contributed by atoms with Crippen LogP contribution in [0.5, 0.6) is 0 Å². The molecule has 2 saturated carbocycles. The van der Waals surface area contributed by atoms with Crippen LogP contribution >= 0.6 is 0 Å². The third kappa shape index (κ3) is 5.96. The monoisotopic (exact) mass is 382 g/mol. The van der Waals surface area contributed by atoms with Crippen molar-refractivity contribution in [3.63, 3.8) is 0 Å². The molecular weight excluding hydrogens is 344 g/mol. The number of aryl methyl sites for hydroxylation is 1. The molecule has 0 bridgehead atoms. The van der Waals surface area contributed by atoms with Crippen molar-refractivity contribution in [1.29, 1.82) is 0 Å². The summed E-state index contributed by atoms with van der Waals surface area (Å²) < 4.78 is 5.64. The van der Waals surface area contributed by atoms with Crippen LogP contribution in [-0.2, 0) is 16.0 Å². The summed E-state index contributed by atoms with van der Waals surface area (Å²) in [4.78, 5) is 11.8. The van der Waals surface area contributed by atoms with Gasteiger partial charge in [-0.15, -0.1) is 6.58 Å². The van der Waals surface area contributed by atoms with E-state index in [1.807, 2.05) is 0 Å². The molecular formula is C26H38O2. The van der Waals surface area contributed by atoms with Gasteiger partial charge in [0.25, 0.3) is 0 Å². The average Bonchev–Trinajstić information content (AvgIpc) is 2.74. The number of rotatable bonds is 8. The van der Waals surface area contributed by atoms with Gasteiger partial charge < -0.3 is 4.74 Å². The lowest BCUT2D eigenvalue weighted by atomic mass is 9.69. The molecule has 2 nitrogen and oxygen atoms in total. The lowest BCUT2D eigenvalue weighted by molar-refractivity contribution is -0.151. The second-order valence-corrected chi connectivity index (χ2v) is 8.96. The van der Waals surface area contributed by atoms with Gasteiger partial charge in [-0.25, -0.2) is 0 Å². The first kappa shape index (κ1) is 21.1. The number of benzene rings is 1. The van der Waals surface area contributed by atoms with Crippen LogP contribution in [0.4, 0.5) is 0 Å². The van der Waals surface area contributed by atoms with E-state index >= 15 is 0 Å². The third-order valence-electron chi connectivity index (χ3n) is 7.00. The molecule has 0 unspecified atom stereocenters. The summed E-state index contributed by atoms with van der Waals surface area (Å²) in [7, 11) is 0. The van der Waals surface area contributed by atoms with Crippen LogP contribution in [-0.4, -0.2) is 12.1 Å². The maximum Gasteiger partial charge on any atom is 0.306 e. The van der Waals surface area contributed by atoms with Crippen molar-refractivity contribution in [2.24, 2.45) is 11.8 Å². The Kier molecular flexibility index (Phi) is 8.18. The van der Waals surface area contributed by atoms with E-state index in [2.05, 4.69) is 37.8 Å². The lowest BCUT2D eigenvalue weighted by Crippen LogP contribution is -2.29. The summed E-state index contributed by atoms with van der Waals surface area (Å²) in [5.74, 6) is 2.44. The number of esters is 1. The van der Waals surface area contributed by atoms with Crippen molar-refractivity contribution in [3.05, 3.63) is 48.0 Å². The van der Waals surface area contributed by atoms with Crippen molar-refractivity contribution < 1.29 is 9.53 Å². The molecule has 2 aliphatic carbocycles. The quantitative estimate of drug-likeness (QED) is 0.358. The zero-order valence-electron chi connectivity index (χ0n) is 17.7. The SMILES string of the molecule is C=CCCC(=O)OC1CCC([C@H]2CC[C@H](c3ccc(CCC)cc3)CC2)CC1. The van der Waals surface area contributed by atoms with E-state index in [0.717, 1.165) is 37.0 Å². The minimum absolute atomic E-state index is 0.0474. The Labute approximate surface area is 171 Å². The van der Waals surface area contributed by atoms with E-state index in [1.54, 1.807) is 11.6 Å². The summed E-state index contributed by atoms with van der Waals surface area (Å²) in [5, 5.41) is 0. The largest absolute Gasteiger partial charge is 0.462 e. The van der Waals surface area contributed by atoms with Crippen LogP contribution in [0.15, 0.2) is 36.9 Å². The highest BCUT2D eigenvalue weighted by Crippen LogP contribution is 2.43. The lowest BCUT2D eigenvalue weighted by Gasteiger charge is -2.37. The Morgan fingerprint density at radius 3 is 2.18 bits per heavy atom. The van der Waals surface area contributed by atoms with Crippen molar-refractivity contribution in [2.75, 3.05) is 0 Å². The first-order valence-corrected chi connectivity index (χ1v) is 11.6. The normalized spacial score (nSPS) is 27.9. The number of ether oxygens (including phenoxy) is 1. The predicted molar refractivity (Wildman–Crippen MR) is 116 cm³/mol. The van der Waals surface area contributed by atoms with Crippen LogP contribution < -0.4 is 0 Å². The number of carbonyl (C=O) groups is 1. The number of hydrogen-bond donors (Lipinski definition) is 0. The van der Waals surface area contributed by atoms with E-state index in [1.165, 1.54) is 56.9 Å². The standard InChI is InChI=1S/C26H38O2/c1-3-5-7-26(27)28-25-18-16-24(17-19-25)23-14-12-22(13-15-23)21-10-8-20(6-4-2)9-11-21/h3,8-11,22-25H,1,4-7,12-19H2,2H3/t22-,23-,24?,25?. The van der Waals surface area contributed by atoms with Gasteiger partial charge in [0.15, 0.2) is 0 Å². The van der Waals surface area contributed by atoms with Gasteiger partial charge in [0.2, 0.25) is 0 Å². The summed E-state index contributed by atoms with van der Waals surface area (Å²) >= 11 is 0.